The fourth-order valence-corrected chi connectivity index (χ4v) is 3.87. The number of hydrogen-bond acceptors (Lipinski definition) is 4. The van der Waals surface area contributed by atoms with Crippen molar-refractivity contribution in [3.05, 3.63) is 0 Å². The van der Waals surface area contributed by atoms with Gasteiger partial charge in [-0.3, -0.25) is 9.79 Å². The highest BCUT2D eigenvalue weighted by atomic mass is 16.5. The number of fused-ring (bicyclic) bond motifs is 1. The number of carbonyl (C=O) groups excluding carboxylic acids is 1. The van der Waals surface area contributed by atoms with Gasteiger partial charge < -0.3 is 14.5 Å². The number of esters is 1. The third-order valence-corrected chi connectivity index (χ3v) is 5.22. The highest BCUT2D eigenvalue weighted by molar-refractivity contribution is 5.86. The van der Waals surface area contributed by atoms with Gasteiger partial charge in [0.05, 0.1) is 24.9 Å². The Balaban J connectivity index is 1.99. The maximum Gasteiger partial charge on any atom is 0.311 e. The topological polar surface area (TPSA) is 45.1 Å². The lowest BCUT2D eigenvalue weighted by atomic mass is 9.83. The molecular formula is C18H33N3O2. The van der Waals surface area contributed by atoms with Crippen LogP contribution in [0.3, 0.4) is 0 Å². The van der Waals surface area contributed by atoms with Crippen LogP contribution in [0.2, 0.25) is 0 Å². The maximum atomic E-state index is 12.2. The molecule has 0 aromatic heterocycles. The number of piperidine rings is 2. The van der Waals surface area contributed by atoms with E-state index in [1.165, 1.54) is 18.7 Å². The van der Waals surface area contributed by atoms with E-state index in [1.54, 1.807) is 0 Å². The van der Waals surface area contributed by atoms with Crippen molar-refractivity contribution in [2.75, 3.05) is 39.3 Å². The molecule has 132 valence electrons. The molecule has 0 bridgehead atoms. The zero-order valence-corrected chi connectivity index (χ0v) is 15.1. The van der Waals surface area contributed by atoms with E-state index in [0.717, 1.165) is 52.0 Å². The molecule has 2 aliphatic rings. The molecule has 2 atom stereocenters. The largest absolute Gasteiger partial charge is 0.466 e. The Morgan fingerprint density at radius 3 is 2.74 bits per heavy atom. The maximum absolute atomic E-state index is 12.2. The van der Waals surface area contributed by atoms with E-state index >= 15 is 0 Å². The summed E-state index contributed by atoms with van der Waals surface area (Å²) in [5.74, 6) is 1.26. The second kappa shape index (κ2) is 9.26. The number of nitrogens with zero attached hydrogens (tertiary/aromatic N) is 3. The third kappa shape index (κ3) is 4.69. The number of ether oxygens (including phenoxy) is 1. The lowest BCUT2D eigenvalue weighted by molar-refractivity contribution is -0.151. The summed E-state index contributed by atoms with van der Waals surface area (Å²) in [6.07, 6.45) is 5.33. The number of aliphatic imine (C=N–C) groups is 1. The van der Waals surface area contributed by atoms with E-state index in [2.05, 4.69) is 23.6 Å². The fraction of sp³-hybridized carbons (Fsp3) is 0.889. The first kappa shape index (κ1) is 18.2. The average molecular weight is 323 g/mol. The lowest BCUT2D eigenvalue weighted by Crippen LogP contribution is -2.53. The minimum Gasteiger partial charge on any atom is -0.466 e. The predicted octanol–water partition coefficient (Wildman–Crippen LogP) is 2.55. The third-order valence-electron chi connectivity index (χ3n) is 5.22. The SMILES string of the molecule is CCOC(=O)C1CCC(=NCCN(CC)CC)N2CCCCC12. The lowest BCUT2D eigenvalue weighted by Gasteiger charge is -2.45. The first-order valence-corrected chi connectivity index (χ1v) is 9.40. The average Bonchev–Trinajstić information content (AvgIpc) is 2.59. The molecule has 0 aromatic carbocycles. The zero-order valence-electron chi connectivity index (χ0n) is 15.1. The van der Waals surface area contributed by atoms with E-state index < -0.39 is 0 Å². The number of rotatable bonds is 7. The number of hydrogen-bond donors (Lipinski definition) is 0. The van der Waals surface area contributed by atoms with Crippen molar-refractivity contribution in [1.82, 2.24) is 9.80 Å². The molecule has 0 N–H and O–H groups in total. The predicted molar refractivity (Wildman–Crippen MR) is 93.8 cm³/mol. The van der Waals surface area contributed by atoms with Gasteiger partial charge in [-0.05, 0) is 45.7 Å². The van der Waals surface area contributed by atoms with Crippen LogP contribution in [0.4, 0.5) is 0 Å². The van der Waals surface area contributed by atoms with Crippen molar-refractivity contribution in [2.24, 2.45) is 10.9 Å². The molecule has 2 saturated heterocycles. The van der Waals surface area contributed by atoms with Crippen molar-refractivity contribution in [1.29, 1.82) is 0 Å². The van der Waals surface area contributed by atoms with Crippen molar-refractivity contribution in [3.63, 3.8) is 0 Å². The molecular weight excluding hydrogens is 290 g/mol. The number of amidine groups is 1. The summed E-state index contributed by atoms with van der Waals surface area (Å²) in [5.41, 5.74) is 0. The first-order chi connectivity index (χ1) is 11.2. The molecule has 2 unspecified atom stereocenters. The van der Waals surface area contributed by atoms with Crippen molar-refractivity contribution in [2.45, 2.75) is 58.9 Å². The normalized spacial score (nSPS) is 26.4. The molecule has 5 heteroatoms. The molecule has 2 heterocycles. The molecule has 5 nitrogen and oxygen atoms in total. The quantitative estimate of drug-likeness (QED) is 0.676. The Bertz CT molecular complexity index is 407. The first-order valence-electron chi connectivity index (χ1n) is 9.40. The summed E-state index contributed by atoms with van der Waals surface area (Å²) >= 11 is 0. The van der Waals surface area contributed by atoms with Gasteiger partial charge in [0.1, 0.15) is 0 Å². The fourth-order valence-electron chi connectivity index (χ4n) is 3.87. The van der Waals surface area contributed by atoms with Crippen LogP contribution in [-0.4, -0.2) is 67.0 Å². The Morgan fingerprint density at radius 1 is 1.26 bits per heavy atom. The molecule has 0 aliphatic carbocycles. The van der Waals surface area contributed by atoms with Crippen LogP contribution in [0.15, 0.2) is 4.99 Å². The highest BCUT2D eigenvalue weighted by Gasteiger charge is 2.40. The highest BCUT2D eigenvalue weighted by Crippen LogP contribution is 2.33. The van der Waals surface area contributed by atoms with Gasteiger partial charge in [-0.15, -0.1) is 0 Å². The van der Waals surface area contributed by atoms with Crippen LogP contribution in [0.25, 0.3) is 0 Å². The second-order valence-corrected chi connectivity index (χ2v) is 6.48. The summed E-state index contributed by atoms with van der Waals surface area (Å²) in [7, 11) is 0. The molecule has 0 radical (unpaired) electrons. The molecule has 0 amide bonds. The zero-order chi connectivity index (χ0) is 16.7. The van der Waals surface area contributed by atoms with Gasteiger partial charge in [-0.25, -0.2) is 0 Å². The van der Waals surface area contributed by atoms with E-state index in [-0.39, 0.29) is 11.9 Å². The van der Waals surface area contributed by atoms with Gasteiger partial charge in [-0.1, -0.05) is 13.8 Å². The Kier molecular flexibility index (Phi) is 7.34. The molecule has 0 saturated carbocycles. The van der Waals surface area contributed by atoms with Crippen molar-refractivity contribution >= 4 is 11.8 Å². The van der Waals surface area contributed by atoms with Gasteiger partial charge in [0.15, 0.2) is 0 Å². The second-order valence-electron chi connectivity index (χ2n) is 6.48. The molecule has 0 aromatic rings. The molecule has 0 spiro atoms. The van der Waals surface area contributed by atoms with Gasteiger partial charge in [0.2, 0.25) is 0 Å². The summed E-state index contributed by atoms with van der Waals surface area (Å²) in [5, 5.41) is 0. The minimum atomic E-state index is -0.00779. The van der Waals surface area contributed by atoms with Gasteiger partial charge in [-0.2, -0.15) is 0 Å². The molecule has 23 heavy (non-hydrogen) atoms. The van der Waals surface area contributed by atoms with E-state index in [0.29, 0.717) is 12.6 Å². The van der Waals surface area contributed by atoms with Crippen LogP contribution < -0.4 is 0 Å². The van der Waals surface area contributed by atoms with Gasteiger partial charge in [0, 0.05) is 25.6 Å². The van der Waals surface area contributed by atoms with Crippen LogP contribution in [0.1, 0.15) is 52.9 Å². The Labute approximate surface area is 141 Å². The molecule has 2 fully saturated rings. The van der Waals surface area contributed by atoms with Gasteiger partial charge in [0.25, 0.3) is 0 Å². The summed E-state index contributed by atoms with van der Waals surface area (Å²) in [6.45, 7) is 11.9. The van der Waals surface area contributed by atoms with Crippen LogP contribution in [-0.2, 0) is 9.53 Å². The summed E-state index contributed by atoms with van der Waals surface area (Å²) < 4.78 is 5.30. The van der Waals surface area contributed by atoms with Crippen LogP contribution in [0, 0.1) is 5.92 Å². The smallest absolute Gasteiger partial charge is 0.311 e. The number of carbonyl (C=O) groups is 1. The minimum absolute atomic E-state index is 0.00779. The van der Waals surface area contributed by atoms with E-state index in [1.807, 2.05) is 6.92 Å². The van der Waals surface area contributed by atoms with Crippen molar-refractivity contribution < 1.29 is 9.53 Å². The summed E-state index contributed by atoms with van der Waals surface area (Å²) in [4.78, 5) is 22.0. The Hall–Kier alpha value is -1.10. The Morgan fingerprint density at radius 2 is 2.04 bits per heavy atom. The van der Waals surface area contributed by atoms with Gasteiger partial charge >= 0.3 is 5.97 Å². The molecule has 2 rings (SSSR count). The van der Waals surface area contributed by atoms with Crippen molar-refractivity contribution in [3.8, 4) is 0 Å². The van der Waals surface area contributed by atoms with E-state index in [4.69, 9.17) is 9.73 Å². The van der Waals surface area contributed by atoms with Crippen LogP contribution in [0.5, 0.6) is 0 Å². The van der Waals surface area contributed by atoms with Crippen LogP contribution >= 0.6 is 0 Å². The summed E-state index contributed by atoms with van der Waals surface area (Å²) in [6, 6.07) is 0.309. The number of likely N-dealkylation sites (N-methyl/N-ethyl adjacent to an activating group) is 1. The molecule has 2 aliphatic heterocycles. The monoisotopic (exact) mass is 323 g/mol. The van der Waals surface area contributed by atoms with E-state index in [9.17, 15) is 4.79 Å². The standard InChI is InChI=1S/C18H33N3O2/c1-4-20(5-2)14-12-19-17-11-10-15(18(22)23-6-3)16-9-7-8-13-21(16)17/h15-16H,4-14H2,1-3H3.